The van der Waals surface area contributed by atoms with Crippen molar-refractivity contribution in [2.24, 2.45) is 13.0 Å². The van der Waals surface area contributed by atoms with E-state index in [2.05, 4.69) is 36.3 Å². The summed E-state index contributed by atoms with van der Waals surface area (Å²) >= 11 is 0. The third kappa shape index (κ3) is 5.17. The molecule has 2 N–H and O–H groups in total. The van der Waals surface area contributed by atoms with Crippen LogP contribution in [0.2, 0.25) is 0 Å². The lowest BCUT2D eigenvalue weighted by Gasteiger charge is -2.33. The van der Waals surface area contributed by atoms with Gasteiger partial charge in [0.15, 0.2) is 0 Å². The fourth-order valence-electron chi connectivity index (χ4n) is 5.87. The van der Waals surface area contributed by atoms with Crippen LogP contribution in [0.4, 0.5) is 13.2 Å². The topological polar surface area (TPSA) is 95.8 Å². The molecule has 0 bridgehead atoms. The van der Waals surface area contributed by atoms with Gasteiger partial charge in [-0.2, -0.15) is 18.3 Å². The highest BCUT2D eigenvalue weighted by molar-refractivity contribution is 5.94. The number of fused-ring (bicyclic) bond motifs is 1. The van der Waals surface area contributed by atoms with Crippen molar-refractivity contribution in [1.29, 1.82) is 0 Å². The Bertz CT molecular complexity index is 1420. The molecule has 6 rings (SSSR count). The van der Waals surface area contributed by atoms with E-state index in [4.69, 9.17) is 5.11 Å². The van der Waals surface area contributed by atoms with Crippen LogP contribution in [0.25, 0.3) is 22.2 Å². The number of aryl methyl sites for hydroxylation is 1. The molecule has 0 radical (unpaired) electrons. The molecule has 1 aliphatic carbocycles. The van der Waals surface area contributed by atoms with Gasteiger partial charge in [0.05, 0.1) is 17.3 Å². The molecular weight excluding hydrogens is 507 g/mol. The molecule has 208 valence electrons. The number of nitrogens with zero attached hydrogens (tertiary/aromatic N) is 6. The molecule has 2 fully saturated rings. The zero-order valence-electron chi connectivity index (χ0n) is 22.4. The first-order valence-electron chi connectivity index (χ1n) is 13.4. The second-order valence-corrected chi connectivity index (χ2v) is 10.4. The fraction of sp³-hybridized carbons (Fsp3) is 0.500. The number of hydrogen-bond acceptors (Lipinski definition) is 6. The highest BCUT2D eigenvalue weighted by Crippen LogP contribution is 2.44. The Morgan fingerprint density at radius 3 is 2.44 bits per heavy atom. The first-order chi connectivity index (χ1) is 18.8. The highest BCUT2D eigenvalue weighted by atomic mass is 19.4. The third-order valence-electron chi connectivity index (χ3n) is 8.12. The number of aliphatic hydroxyl groups excluding tert-OH is 1. The van der Waals surface area contributed by atoms with Crippen molar-refractivity contribution >= 4 is 10.9 Å². The molecule has 1 aromatic carbocycles. The van der Waals surface area contributed by atoms with Crippen LogP contribution in [0.1, 0.15) is 73.8 Å². The number of H-pyrrole nitrogens is 1. The zero-order valence-corrected chi connectivity index (χ0v) is 22.4. The van der Waals surface area contributed by atoms with Gasteiger partial charge < -0.3 is 9.67 Å². The lowest BCUT2D eigenvalue weighted by atomic mass is 9.72. The molecule has 4 aromatic rings. The van der Waals surface area contributed by atoms with Gasteiger partial charge in [-0.25, -0.2) is 4.98 Å². The largest absolute Gasteiger partial charge is 0.433 e. The molecule has 1 saturated heterocycles. The lowest BCUT2D eigenvalue weighted by Crippen LogP contribution is -2.25. The summed E-state index contributed by atoms with van der Waals surface area (Å²) < 4.78 is 43.8. The summed E-state index contributed by atoms with van der Waals surface area (Å²) in [5.41, 5.74) is 2.43. The number of aliphatic hydroxyl groups is 1. The van der Waals surface area contributed by atoms with Crippen LogP contribution in [0, 0.1) is 5.92 Å². The van der Waals surface area contributed by atoms with Crippen molar-refractivity contribution in [3.05, 3.63) is 59.4 Å². The summed E-state index contributed by atoms with van der Waals surface area (Å²) in [5.74, 6) is 1.44. The van der Waals surface area contributed by atoms with Crippen molar-refractivity contribution in [3.63, 3.8) is 0 Å². The number of likely N-dealkylation sites (tertiary alicyclic amines) is 1. The summed E-state index contributed by atoms with van der Waals surface area (Å²) in [7, 11) is 2.95. The maximum Gasteiger partial charge on any atom is 0.433 e. The summed E-state index contributed by atoms with van der Waals surface area (Å²) in [6, 6.07) is 8.86. The van der Waals surface area contributed by atoms with Crippen molar-refractivity contribution < 1.29 is 18.3 Å². The maximum absolute atomic E-state index is 14.0. The Balaban J connectivity index is 0.00000151. The Labute approximate surface area is 225 Å². The van der Waals surface area contributed by atoms with Crippen LogP contribution in [0.15, 0.2) is 36.7 Å². The first-order valence-corrected chi connectivity index (χ1v) is 13.4. The number of pyridine rings is 1. The van der Waals surface area contributed by atoms with Crippen LogP contribution >= 0.6 is 0 Å². The Kier molecular flexibility index (Phi) is 7.73. The normalized spacial score (nSPS) is 18.0. The Morgan fingerprint density at radius 2 is 1.82 bits per heavy atom. The van der Waals surface area contributed by atoms with Gasteiger partial charge in [0.25, 0.3) is 0 Å². The SMILES string of the molecule is CC(c1nc(C(F)(F)F)cc2c(-c3cccc(C(c4nncn4C)C4CCC4)c3)n[nH]c12)N1CCCC1.CO. The smallest absolute Gasteiger partial charge is 0.400 e. The molecule has 39 heavy (non-hydrogen) atoms. The van der Waals surface area contributed by atoms with Gasteiger partial charge in [0.1, 0.15) is 23.5 Å². The number of aromatic amines is 1. The van der Waals surface area contributed by atoms with Gasteiger partial charge >= 0.3 is 6.18 Å². The van der Waals surface area contributed by atoms with Gasteiger partial charge in [0.2, 0.25) is 0 Å². The number of rotatable bonds is 6. The van der Waals surface area contributed by atoms with E-state index < -0.39 is 11.9 Å². The van der Waals surface area contributed by atoms with Gasteiger partial charge in [-0.3, -0.25) is 10.00 Å². The first kappa shape index (κ1) is 27.3. The Hall–Kier alpha value is -3.31. The van der Waals surface area contributed by atoms with Crippen LogP contribution in [0.3, 0.4) is 0 Å². The fourth-order valence-corrected chi connectivity index (χ4v) is 5.87. The predicted molar refractivity (Wildman–Crippen MR) is 142 cm³/mol. The van der Waals surface area contributed by atoms with E-state index in [1.54, 1.807) is 6.33 Å². The van der Waals surface area contributed by atoms with Crippen molar-refractivity contribution in [2.45, 2.75) is 57.2 Å². The Morgan fingerprint density at radius 1 is 1.08 bits per heavy atom. The van der Waals surface area contributed by atoms with E-state index in [0.717, 1.165) is 68.9 Å². The van der Waals surface area contributed by atoms with Gasteiger partial charge in [-0.1, -0.05) is 24.6 Å². The van der Waals surface area contributed by atoms with Gasteiger partial charge in [-0.15, -0.1) is 10.2 Å². The number of nitrogens with one attached hydrogen (secondary N) is 1. The highest BCUT2D eigenvalue weighted by Gasteiger charge is 2.36. The molecule has 1 aliphatic heterocycles. The number of aromatic nitrogens is 6. The minimum Gasteiger partial charge on any atom is -0.400 e. The molecule has 0 spiro atoms. The van der Waals surface area contributed by atoms with Crippen molar-refractivity contribution in [1.82, 2.24) is 34.8 Å². The average molecular weight is 542 g/mol. The van der Waals surface area contributed by atoms with Crippen molar-refractivity contribution in [2.75, 3.05) is 20.2 Å². The van der Waals surface area contributed by atoms with E-state index >= 15 is 0 Å². The van der Waals surface area contributed by atoms with Gasteiger partial charge in [0, 0.05) is 31.0 Å². The number of alkyl halides is 3. The molecule has 1 saturated carbocycles. The number of benzene rings is 1. The van der Waals surface area contributed by atoms with Crippen molar-refractivity contribution in [3.8, 4) is 11.3 Å². The second kappa shape index (κ2) is 11.1. The standard InChI is InChI=1S/C27H30F3N7.CH4O/c1-16(37-11-3-4-12-37)23-25-20(14-21(32-23)27(28,29)30)24(33-34-25)19-10-6-9-18(13-19)22(17-7-5-8-17)26-35-31-15-36(26)2;1-2/h6,9-10,13-17,22H,3-5,7-8,11-12H2,1-2H3,(H,33,34);2H,1H3. The molecule has 2 unspecified atom stereocenters. The molecule has 0 amide bonds. The number of hydrogen-bond donors (Lipinski definition) is 2. The average Bonchev–Trinajstić information content (AvgIpc) is 3.67. The summed E-state index contributed by atoms with van der Waals surface area (Å²) in [6.45, 7) is 3.64. The van der Waals surface area contributed by atoms with E-state index in [9.17, 15) is 13.2 Å². The van der Waals surface area contributed by atoms with E-state index in [0.29, 0.717) is 28.2 Å². The van der Waals surface area contributed by atoms with Crippen LogP contribution in [-0.2, 0) is 13.2 Å². The van der Waals surface area contributed by atoms with E-state index in [1.807, 2.05) is 36.7 Å². The summed E-state index contributed by atoms with van der Waals surface area (Å²) in [4.78, 5) is 6.29. The van der Waals surface area contributed by atoms with Crippen LogP contribution in [0.5, 0.6) is 0 Å². The molecule has 3 aromatic heterocycles. The maximum atomic E-state index is 14.0. The monoisotopic (exact) mass is 541 g/mol. The number of halogens is 3. The minimum absolute atomic E-state index is 0.0737. The molecule has 4 heterocycles. The lowest BCUT2D eigenvalue weighted by molar-refractivity contribution is -0.141. The second-order valence-electron chi connectivity index (χ2n) is 10.4. The van der Waals surface area contributed by atoms with E-state index in [1.165, 1.54) is 6.42 Å². The quantitative estimate of drug-likeness (QED) is 0.336. The van der Waals surface area contributed by atoms with Gasteiger partial charge in [-0.05, 0) is 69.3 Å². The summed E-state index contributed by atoms with van der Waals surface area (Å²) in [5, 5.41) is 23.5. The third-order valence-corrected chi connectivity index (χ3v) is 8.12. The molecular formula is C28H34F3N7O. The molecule has 11 heteroatoms. The summed E-state index contributed by atoms with van der Waals surface area (Å²) in [6.07, 6.45) is 2.67. The predicted octanol–water partition coefficient (Wildman–Crippen LogP) is 5.47. The van der Waals surface area contributed by atoms with E-state index in [-0.39, 0.29) is 12.0 Å². The zero-order chi connectivity index (χ0) is 27.7. The molecule has 8 nitrogen and oxygen atoms in total. The minimum atomic E-state index is -4.55. The van der Waals surface area contributed by atoms with Crippen LogP contribution < -0.4 is 0 Å². The van der Waals surface area contributed by atoms with Crippen LogP contribution in [-0.4, -0.2) is 60.2 Å². The molecule has 2 aliphatic rings. The molecule has 2 atom stereocenters.